The topological polar surface area (TPSA) is 99.6 Å². The summed E-state index contributed by atoms with van der Waals surface area (Å²) in [5, 5.41) is 10.5. The summed E-state index contributed by atoms with van der Waals surface area (Å²) in [5.41, 5.74) is -1.43. The van der Waals surface area contributed by atoms with Gasteiger partial charge in [0.05, 0.1) is 36.7 Å². The minimum atomic E-state index is -1.17. The number of ether oxygens (including phenoxy) is 2. The molecule has 1 spiro atoms. The number of carbonyl (C=O) groups excluding carboxylic acids is 3. The Morgan fingerprint density at radius 2 is 1.81 bits per heavy atom. The molecule has 0 aromatic heterocycles. The van der Waals surface area contributed by atoms with Crippen LogP contribution in [-0.4, -0.2) is 88.8 Å². The number of hydrogen-bond acceptors (Lipinski definition) is 6. The van der Waals surface area contributed by atoms with Gasteiger partial charge in [-0.3, -0.25) is 14.4 Å². The minimum Gasteiger partial charge on any atom is -0.494 e. The van der Waals surface area contributed by atoms with Crippen molar-refractivity contribution in [3.63, 3.8) is 0 Å². The zero-order valence-electron chi connectivity index (χ0n) is 26.5. The summed E-state index contributed by atoms with van der Waals surface area (Å²) in [7, 11) is 0. The Kier molecular flexibility index (Phi) is 10.1. The molecule has 9 nitrogen and oxygen atoms in total. The molecule has 3 fully saturated rings. The second-order valence-electron chi connectivity index (χ2n) is 12.6. The van der Waals surface area contributed by atoms with Crippen LogP contribution in [0.15, 0.2) is 49.6 Å². The lowest BCUT2D eigenvalue weighted by Crippen LogP contribution is -2.59. The van der Waals surface area contributed by atoms with Crippen molar-refractivity contribution < 1.29 is 29.0 Å². The van der Waals surface area contributed by atoms with E-state index in [0.717, 1.165) is 12.8 Å². The van der Waals surface area contributed by atoms with E-state index in [9.17, 15) is 19.5 Å². The summed E-state index contributed by atoms with van der Waals surface area (Å²) >= 11 is 0. The normalized spacial score (nSPS) is 28.1. The molecule has 0 saturated carbocycles. The molecule has 1 N–H and O–H groups in total. The molecule has 3 aliphatic rings. The first-order valence-corrected chi connectivity index (χ1v) is 15.7. The fraction of sp³-hybridized carbons (Fsp3) is 0.618. The lowest BCUT2D eigenvalue weighted by atomic mass is 9.66. The van der Waals surface area contributed by atoms with E-state index in [-0.39, 0.29) is 36.8 Å². The number of hydrogen-bond donors (Lipinski definition) is 1. The molecular weight excluding hydrogens is 546 g/mol. The van der Waals surface area contributed by atoms with Crippen molar-refractivity contribution in [3.8, 4) is 5.75 Å². The van der Waals surface area contributed by atoms with Crippen LogP contribution in [0, 0.1) is 17.8 Å². The van der Waals surface area contributed by atoms with E-state index in [1.807, 2.05) is 52.0 Å². The molecule has 236 valence electrons. The quantitative estimate of drug-likeness (QED) is 0.305. The average molecular weight is 596 g/mol. The zero-order chi connectivity index (χ0) is 31.5. The van der Waals surface area contributed by atoms with Crippen LogP contribution in [0.4, 0.5) is 5.69 Å². The second-order valence-corrected chi connectivity index (χ2v) is 12.6. The highest BCUT2D eigenvalue weighted by Gasteiger charge is 2.79. The van der Waals surface area contributed by atoms with Crippen LogP contribution >= 0.6 is 0 Å². The van der Waals surface area contributed by atoms with Gasteiger partial charge in [0.25, 0.3) is 0 Å². The van der Waals surface area contributed by atoms with Gasteiger partial charge in [-0.15, -0.1) is 13.2 Å². The summed E-state index contributed by atoms with van der Waals surface area (Å²) < 4.78 is 12.4. The van der Waals surface area contributed by atoms with Crippen molar-refractivity contribution in [2.45, 2.75) is 83.6 Å². The number of unbranched alkanes of at least 4 members (excludes halogenated alkanes) is 1. The van der Waals surface area contributed by atoms with Crippen molar-refractivity contribution in [1.82, 2.24) is 9.80 Å². The third-order valence-electron chi connectivity index (χ3n) is 9.51. The number of carbonyl (C=O) groups is 3. The van der Waals surface area contributed by atoms with E-state index in [1.165, 1.54) is 0 Å². The molecule has 1 aromatic rings. The van der Waals surface area contributed by atoms with Gasteiger partial charge in [-0.25, -0.2) is 0 Å². The maximum atomic E-state index is 14.6. The summed E-state index contributed by atoms with van der Waals surface area (Å²) in [4.78, 5) is 48.7. The van der Waals surface area contributed by atoms with Gasteiger partial charge in [0.15, 0.2) is 0 Å². The van der Waals surface area contributed by atoms with Crippen LogP contribution in [0.2, 0.25) is 0 Å². The molecule has 2 unspecified atom stereocenters. The smallest absolute Gasteiger partial charge is 0.248 e. The molecule has 43 heavy (non-hydrogen) atoms. The standard InChI is InChI=1S/C34H49N3O6/c1-8-12-21-35(19-9-2)32(41)29-34-18-17-33(7,43-34)27(28(34)31(40)37(29)26(22-38)23(5)6)30(39)36(20-10-3)24-13-15-25(16-14-24)42-11-4/h9-10,13-16,23,26-29,38H,2-3,8,11-12,17-22H2,1,4-7H3/t26-,27-,28-,29?,33+,34?/m0/s1. The molecule has 3 heterocycles. The second kappa shape index (κ2) is 13.2. The van der Waals surface area contributed by atoms with Gasteiger partial charge in [0.1, 0.15) is 17.4 Å². The highest BCUT2D eigenvalue weighted by Crippen LogP contribution is 2.64. The fourth-order valence-corrected chi connectivity index (χ4v) is 7.47. The van der Waals surface area contributed by atoms with Crippen LogP contribution in [0.1, 0.15) is 60.3 Å². The number of benzene rings is 1. The van der Waals surface area contributed by atoms with Crippen LogP contribution in [0.3, 0.4) is 0 Å². The van der Waals surface area contributed by atoms with Crippen LogP contribution in [0.25, 0.3) is 0 Å². The van der Waals surface area contributed by atoms with Gasteiger partial charge >= 0.3 is 0 Å². The number of aliphatic hydroxyl groups excluding tert-OH is 1. The first-order valence-electron chi connectivity index (χ1n) is 15.7. The summed E-state index contributed by atoms with van der Waals surface area (Å²) in [6, 6.07) is 5.75. The Labute approximate surface area is 256 Å². The number of rotatable bonds is 15. The zero-order valence-corrected chi connectivity index (χ0v) is 26.5. The van der Waals surface area contributed by atoms with Gasteiger partial charge in [0, 0.05) is 25.3 Å². The van der Waals surface area contributed by atoms with Gasteiger partial charge in [-0.05, 0) is 63.3 Å². The minimum absolute atomic E-state index is 0.119. The number of aliphatic hydroxyl groups is 1. The molecule has 3 saturated heterocycles. The largest absolute Gasteiger partial charge is 0.494 e. The first-order chi connectivity index (χ1) is 20.5. The summed E-state index contributed by atoms with van der Waals surface area (Å²) in [6.07, 6.45) is 6.09. The van der Waals surface area contributed by atoms with Crippen molar-refractivity contribution in [3.05, 3.63) is 49.6 Å². The molecule has 1 aromatic carbocycles. The molecule has 3 amide bonds. The lowest BCUT2D eigenvalue weighted by Gasteiger charge is -2.40. The maximum Gasteiger partial charge on any atom is 0.248 e. The molecule has 9 heteroatoms. The molecule has 0 aliphatic carbocycles. The third-order valence-corrected chi connectivity index (χ3v) is 9.51. The SMILES string of the molecule is C=CCN(CCCC)C(=O)C1N([C@@H](CO)C(C)C)C(=O)[C@@H]2[C@@H](C(=O)N(CC=C)c3ccc(OCC)cc3)[C@@]3(C)CCC12O3. The summed E-state index contributed by atoms with van der Waals surface area (Å²) in [6.45, 7) is 18.8. The Balaban J connectivity index is 1.80. The van der Waals surface area contributed by atoms with E-state index in [2.05, 4.69) is 20.1 Å². The number of nitrogens with zero attached hydrogens (tertiary/aromatic N) is 3. The van der Waals surface area contributed by atoms with Crippen molar-refractivity contribution in [2.75, 3.05) is 37.7 Å². The van der Waals surface area contributed by atoms with Gasteiger partial charge in [0.2, 0.25) is 17.7 Å². The van der Waals surface area contributed by atoms with Crippen LogP contribution in [0.5, 0.6) is 5.75 Å². The van der Waals surface area contributed by atoms with E-state index in [4.69, 9.17) is 9.47 Å². The van der Waals surface area contributed by atoms with Crippen LogP contribution < -0.4 is 9.64 Å². The molecule has 0 radical (unpaired) electrons. The fourth-order valence-electron chi connectivity index (χ4n) is 7.47. The Morgan fingerprint density at radius 3 is 2.37 bits per heavy atom. The van der Waals surface area contributed by atoms with Gasteiger partial charge in [-0.1, -0.05) is 39.3 Å². The molecular formula is C34H49N3O6. The highest BCUT2D eigenvalue weighted by molar-refractivity contribution is 6.03. The highest BCUT2D eigenvalue weighted by atomic mass is 16.5. The number of likely N-dealkylation sites (tertiary alicyclic amines) is 1. The van der Waals surface area contributed by atoms with Crippen LogP contribution in [-0.2, 0) is 19.1 Å². The molecule has 6 atom stereocenters. The van der Waals surface area contributed by atoms with E-state index >= 15 is 0 Å². The number of anilines is 1. The predicted molar refractivity (Wildman–Crippen MR) is 167 cm³/mol. The predicted octanol–water partition coefficient (Wildman–Crippen LogP) is 4.20. The Morgan fingerprint density at radius 1 is 1.14 bits per heavy atom. The van der Waals surface area contributed by atoms with E-state index in [0.29, 0.717) is 44.0 Å². The molecule has 4 rings (SSSR count). The Hall–Kier alpha value is -3.17. The third kappa shape index (κ3) is 5.62. The van der Waals surface area contributed by atoms with Gasteiger partial charge in [-0.2, -0.15) is 0 Å². The maximum absolute atomic E-state index is 14.6. The van der Waals surface area contributed by atoms with Crippen molar-refractivity contribution in [1.29, 1.82) is 0 Å². The van der Waals surface area contributed by atoms with E-state index in [1.54, 1.807) is 26.9 Å². The first kappa shape index (κ1) is 32.7. The van der Waals surface area contributed by atoms with Gasteiger partial charge < -0.3 is 29.3 Å². The Bertz CT molecular complexity index is 1200. The monoisotopic (exact) mass is 595 g/mol. The number of amides is 3. The average Bonchev–Trinajstić information content (AvgIpc) is 3.55. The van der Waals surface area contributed by atoms with E-state index < -0.39 is 35.1 Å². The molecule has 3 aliphatic heterocycles. The summed E-state index contributed by atoms with van der Waals surface area (Å²) in [5.74, 6) is -1.83. The number of fused-ring (bicyclic) bond motifs is 1. The lowest BCUT2D eigenvalue weighted by molar-refractivity contribution is -0.155. The van der Waals surface area contributed by atoms with Crippen molar-refractivity contribution >= 4 is 23.4 Å². The molecule has 2 bridgehead atoms. The van der Waals surface area contributed by atoms with Crippen molar-refractivity contribution in [2.24, 2.45) is 17.8 Å².